The van der Waals surface area contributed by atoms with Gasteiger partial charge < -0.3 is 15.5 Å². The number of nitrogen functional groups attached to an aromatic ring is 1. The predicted octanol–water partition coefficient (Wildman–Crippen LogP) is 12.9. The Hall–Kier alpha value is -2.70. The molecule has 0 aliphatic rings. The SMILES string of the molecule is C.C.CN(C)C(=O)c1ccc(Cl)s1.Cc1cc(F)c(N)cc1SCC(F)(F)F.Cc1cc(F)c(N=C(c2ccc(Cl)s2)N(C)C)cc1SCC(F)(F)F. The zero-order valence-corrected chi connectivity index (χ0v) is 32.6. The number of anilines is 1. The van der Waals surface area contributed by atoms with Crippen molar-refractivity contribution in [2.75, 3.05) is 45.4 Å². The Bertz CT molecular complexity index is 1810. The van der Waals surface area contributed by atoms with E-state index in [2.05, 4.69) is 4.99 Å². The number of amides is 1. The second kappa shape index (κ2) is 22.0. The van der Waals surface area contributed by atoms with Crippen LogP contribution < -0.4 is 5.73 Å². The molecule has 2 aromatic heterocycles. The Morgan fingerprint density at radius 1 is 0.736 bits per heavy atom. The normalized spacial score (nSPS) is 11.3. The number of hydrogen-bond donors (Lipinski definition) is 1. The molecule has 2 aromatic carbocycles. The predicted molar refractivity (Wildman–Crippen MR) is 210 cm³/mol. The number of amidine groups is 1. The van der Waals surface area contributed by atoms with E-state index in [1.54, 1.807) is 71.2 Å². The van der Waals surface area contributed by atoms with Crippen LogP contribution in [-0.2, 0) is 0 Å². The summed E-state index contributed by atoms with van der Waals surface area (Å²) in [5.74, 6) is -2.75. The highest BCUT2D eigenvalue weighted by Gasteiger charge is 2.28. The van der Waals surface area contributed by atoms with Gasteiger partial charge in [0.2, 0.25) is 0 Å². The molecule has 4 aromatic rings. The van der Waals surface area contributed by atoms with Crippen LogP contribution in [-0.4, -0.2) is 73.6 Å². The minimum absolute atomic E-state index is 0. The number of carbonyl (C=O) groups is 1. The fourth-order valence-corrected chi connectivity index (χ4v) is 7.40. The number of benzene rings is 2. The molecule has 0 atom stereocenters. The van der Waals surface area contributed by atoms with Gasteiger partial charge >= 0.3 is 12.4 Å². The van der Waals surface area contributed by atoms with Crippen molar-refractivity contribution >= 4 is 92.5 Å². The van der Waals surface area contributed by atoms with Crippen molar-refractivity contribution in [3.63, 3.8) is 0 Å². The number of carbonyl (C=O) groups excluding carboxylic acids is 1. The van der Waals surface area contributed by atoms with Gasteiger partial charge in [0.1, 0.15) is 23.2 Å². The van der Waals surface area contributed by atoms with Crippen LogP contribution >= 0.6 is 69.4 Å². The molecule has 0 saturated carbocycles. The summed E-state index contributed by atoms with van der Waals surface area (Å²) in [6.45, 7) is 3.11. The number of nitrogens with zero attached hydrogens (tertiary/aromatic N) is 3. The number of aliphatic imine (C=N–C) groups is 1. The van der Waals surface area contributed by atoms with Gasteiger partial charge in [-0.2, -0.15) is 26.3 Å². The van der Waals surface area contributed by atoms with Crippen molar-refractivity contribution in [1.82, 2.24) is 9.80 Å². The third kappa shape index (κ3) is 17.5. The first kappa shape index (κ1) is 50.3. The molecular weight excluding hydrogens is 832 g/mol. The molecule has 0 spiro atoms. The van der Waals surface area contributed by atoms with Crippen LogP contribution in [0.25, 0.3) is 0 Å². The standard InChI is InChI=1S/C16H15ClF4N2S2.C9H9F4NS.C7H8ClNOS.2CH4/c1-9-6-10(18)11(7-13(9)24-8-16(19,20)21)22-15(23(2)3)12-4-5-14(17)25-12;1-5-2-6(10)7(14)3-8(5)15-4-9(11,12)13;1-9(2)7(10)5-3-4-6(8)11-5;;/h4-7H,8H2,1-3H3;2-3H,4,14H2,1H3;3-4H,1-2H3;2*1H4. The van der Waals surface area contributed by atoms with Gasteiger partial charge in [-0.3, -0.25) is 4.79 Å². The lowest BCUT2D eigenvalue weighted by Crippen LogP contribution is -2.21. The fourth-order valence-electron chi connectivity index (χ4n) is 3.60. The number of rotatable bonds is 7. The van der Waals surface area contributed by atoms with Crippen LogP contribution in [0.2, 0.25) is 8.67 Å². The van der Waals surface area contributed by atoms with E-state index in [-0.39, 0.29) is 32.1 Å². The van der Waals surface area contributed by atoms with Crippen LogP contribution in [0.3, 0.4) is 0 Å². The smallest absolute Gasteiger partial charge is 0.396 e. The van der Waals surface area contributed by atoms with Crippen molar-refractivity contribution in [2.45, 2.75) is 50.8 Å². The minimum atomic E-state index is -4.29. The summed E-state index contributed by atoms with van der Waals surface area (Å²) < 4.78 is 101. The monoisotopic (exact) mass is 870 g/mol. The molecule has 2 N–H and O–H groups in total. The lowest BCUT2D eigenvalue weighted by Gasteiger charge is -2.15. The average molecular weight is 872 g/mol. The molecule has 0 bridgehead atoms. The Morgan fingerprint density at radius 3 is 1.57 bits per heavy atom. The summed E-state index contributed by atoms with van der Waals surface area (Å²) >= 11 is 15.4. The van der Waals surface area contributed by atoms with Crippen LogP contribution in [0.1, 0.15) is 40.5 Å². The maximum absolute atomic E-state index is 14.3. The van der Waals surface area contributed by atoms with E-state index < -0.39 is 35.5 Å². The molecule has 0 aliphatic heterocycles. The largest absolute Gasteiger partial charge is 0.398 e. The van der Waals surface area contributed by atoms with Gasteiger partial charge in [0, 0.05) is 38.0 Å². The summed E-state index contributed by atoms with van der Waals surface area (Å²) in [6, 6.07) is 11.8. The molecule has 296 valence electrons. The van der Waals surface area contributed by atoms with E-state index in [4.69, 9.17) is 28.9 Å². The Balaban J connectivity index is 0.000000824. The lowest BCUT2D eigenvalue weighted by atomic mass is 10.2. The highest BCUT2D eigenvalue weighted by atomic mass is 35.5. The Kier molecular flexibility index (Phi) is 20.9. The summed E-state index contributed by atoms with van der Waals surface area (Å²) in [5, 5.41) is 0. The van der Waals surface area contributed by atoms with Crippen LogP contribution in [0.4, 0.5) is 46.5 Å². The molecule has 53 heavy (non-hydrogen) atoms. The van der Waals surface area contributed by atoms with Crippen LogP contribution in [0, 0.1) is 25.5 Å². The molecular formula is C34H40Cl2F8N4OS4. The van der Waals surface area contributed by atoms with E-state index >= 15 is 0 Å². The first-order valence-corrected chi connectivity index (χ1v) is 18.6. The summed E-state index contributed by atoms with van der Waals surface area (Å²) in [5.41, 5.74) is 6.01. The molecule has 2 heterocycles. The number of nitrogens with two attached hydrogens (primary N) is 1. The molecule has 5 nitrogen and oxygen atoms in total. The quantitative estimate of drug-likeness (QED) is 0.0659. The Morgan fingerprint density at radius 2 is 1.17 bits per heavy atom. The number of hydrogen-bond acceptors (Lipinski definition) is 7. The van der Waals surface area contributed by atoms with Gasteiger partial charge in [-0.25, -0.2) is 13.8 Å². The molecule has 0 saturated heterocycles. The molecule has 0 radical (unpaired) electrons. The van der Waals surface area contributed by atoms with Gasteiger partial charge in [-0.15, -0.1) is 46.2 Å². The van der Waals surface area contributed by atoms with Gasteiger partial charge in [-0.1, -0.05) is 38.1 Å². The van der Waals surface area contributed by atoms with Gasteiger partial charge in [0.05, 0.1) is 35.6 Å². The maximum atomic E-state index is 14.3. The van der Waals surface area contributed by atoms with Gasteiger partial charge in [0.15, 0.2) is 0 Å². The average Bonchev–Trinajstić information content (AvgIpc) is 3.64. The summed E-state index contributed by atoms with van der Waals surface area (Å²) in [4.78, 5) is 20.9. The first-order valence-electron chi connectivity index (χ1n) is 14.2. The van der Waals surface area contributed by atoms with Crippen molar-refractivity contribution in [1.29, 1.82) is 0 Å². The van der Waals surface area contributed by atoms with Crippen LogP contribution in [0.15, 0.2) is 63.3 Å². The van der Waals surface area contributed by atoms with E-state index in [0.717, 1.165) is 10.9 Å². The van der Waals surface area contributed by atoms with E-state index in [0.29, 0.717) is 63.8 Å². The van der Waals surface area contributed by atoms with E-state index in [9.17, 15) is 39.9 Å². The minimum Gasteiger partial charge on any atom is -0.396 e. The number of halogens is 10. The molecule has 0 fully saturated rings. The highest BCUT2D eigenvalue weighted by Crippen LogP contribution is 2.35. The summed E-state index contributed by atoms with van der Waals surface area (Å²) in [6.07, 6.45) is -8.53. The third-order valence-electron chi connectivity index (χ3n) is 5.96. The van der Waals surface area contributed by atoms with E-state index in [1.165, 1.54) is 45.8 Å². The van der Waals surface area contributed by atoms with Crippen molar-refractivity contribution < 1.29 is 39.9 Å². The van der Waals surface area contributed by atoms with Crippen molar-refractivity contribution in [3.05, 3.63) is 89.7 Å². The van der Waals surface area contributed by atoms with Crippen LogP contribution in [0.5, 0.6) is 0 Å². The highest BCUT2D eigenvalue weighted by molar-refractivity contribution is 7.99. The number of thiophene rings is 2. The molecule has 1 amide bonds. The summed E-state index contributed by atoms with van der Waals surface area (Å²) in [7, 11) is 6.93. The zero-order valence-electron chi connectivity index (χ0n) is 27.8. The first-order chi connectivity index (χ1) is 23.5. The number of aryl methyl sites for hydroxylation is 2. The second-order valence-electron chi connectivity index (χ2n) is 10.8. The molecule has 19 heteroatoms. The topological polar surface area (TPSA) is 61.9 Å². The molecule has 0 aliphatic carbocycles. The zero-order chi connectivity index (χ0) is 38.8. The molecule has 0 unspecified atom stereocenters. The van der Waals surface area contributed by atoms with Gasteiger partial charge in [-0.05, 0) is 73.5 Å². The second-order valence-corrected chi connectivity index (χ2v) is 16.2. The number of thioether (sulfide) groups is 2. The lowest BCUT2D eigenvalue weighted by molar-refractivity contribution is -0.106. The Labute approximate surface area is 331 Å². The van der Waals surface area contributed by atoms with Gasteiger partial charge in [0.25, 0.3) is 5.91 Å². The fraction of sp³-hybridized carbons (Fsp3) is 0.353. The van der Waals surface area contributed by atoms with Crippen molar-refractivity contribution in [2.24, 2.45) is 4.99 Å². The number of alkyl halides is 6. The molecule has 4 rings (SSSR count). The van der Waals surface area contributed by atoms with Crippen molar-refractivity contribution in [3.8, 4) is 0 Å². The maximum Gasteiger partial charge on any atom is 0.398 e. The third-order valence-corrected chi connectivity index (χ3v) is 10.8. The van der Waals surface area contributed by atoms with E-state index in [1.807, 2.05) is 0 Å².